The minimum Gasteiger partial charge on any atom is -0.261 e. The number of fused-ring (bicyclic) bond motifs is 1. The van der Waals surface area contributed by atoms with Crippen molar-refractivity contribution in [2.24, 2.45) is 0 Å². The Hall–Kier alpha value is -1.09. The summed E-state index contributed by atoms with van der Waals surface area (Å²) < 4.78 is 0. The van der Waals surface area contributed by atoms with E-state index in [2.05, 4.69) is 16.0 Å². The third-order valence-corrected chi connectivity index (χ3v) is 2.48. The predicted molar refractivity (Wildman–Crippen MR) is 51.3 cm³/mol. The van der Waals surface area contributed by atoms with E-state index in [9.17, 15) is 0 Å². The van der Waals surface area contributed by atoms with Crippen LogP contribution in [-0.4, -0.2) is 16.2 Å². The highest BCUT2D eigenvalue weighted by atomic mass is 32.2. The fourth-order valence-corrected chi connectivity index (χ4v) is 1.70. The topological polar surface area (TPSA) is 25.8 Å². The van der Waals surface area contributed by atoms with Gasteiger partial charge in [0.2, 0.25) is 0 Å². The summed E-state index contributed by atoms with van der Waals surface area (Å²) in [5.41, 5.74) is 0.962. The van der Waals surface area contributed by atoms with E-state index in [0.29, 0.717) is 0 Å². The Morgan fingerprint density at radius 2 is 2.25 bits per heavy atom. The number of aromatic nitrogens is 2. The molecule has 0 saturated heterocycles. The van der Waals surface area contributed by atoms with Crippen LogP contribution in [0.1, 0.15) is 0 Å². The SMILES string of the molecule is CSc1cncc2ncccc12. The van der Waals surface area contributed by atoms with E-state index < -0.39 is 0 Å². The Balaban J connectivity index is 2.79. The molecule has 0 saturated carbocycles. The predicted octanol–water partition coefficient (Wildman–Crippen LogP) is 2.35. The number of pyridine rings is 2. The molecule has 0 spiro atoms. The van der Waals surface area contributed by atoms with Gasteiger partial charge in [-0.1, -0.05) is 6.07 Å². The van der Waals surface area contributed by atoms with Crippen LogP contribution in [0.5, 0.6) is 0 Å². The van der Waals surface area contributed by atoms with Gasteiger partial charge in [0.1, 0.15) is 0 Å². The Labute approximate surface area is 75.0 Å². The van der Waals surface area contributed by atoms with Gasteiger partial charge < -0.3 is 0 Å². The number of hydrogen-bond acceptors (Lipinski definition) is 3. The molecule has 0 bridgehead atoms. The van der Waals surface area contributed by atoms with Crippen molar-refractivity contribution in [3.63, 3.8) is 0 Å². The van der Waals surface area contributed by atoms with Gasteiger partial charge in [0.15, 0.2) is 0 Å². The van der Waals surface area contributed by atoms with Crippen molar-refractivity contribution >= 4 is 22.7 Å². The Morgan fingerprint density at radius 3 is 3.08 bits per heavy atom. The molecule has 60 valence electrons. The van der Waals surface area contributed by atoms with E-state index in [4.69, 9.17) is 0 Å². The molecule has 2 aromatic heterocycles. The van der Waals surface area contributed by atoms with E-state index in [1.165, 1.54) is 10.3 Å². The van der Waals surface area contributed by atoms with Crippen LogP contribution in [0.2, 0.25) is 0 Å². The molecule has 0 N–H and O–H groups in total. The molecular formula is C9H8N2S. The van der Waals surface area contributed by atoms with Crippen molar-refractivity contribution in [3.05, 3.63) is 30.7 Å². The summed E-state index contributed by atoms with van der Waals surface area (Å²) in [5.74, 6) is 0. The van der Waals surface area contributed by atoms with Crippen LogP contribution in [0.25, 0.3) is 10.9 Å². The van der Waals surface area contributed by atoms with Crippen LogP contribution in [-0.2, 0) is 0 Å². The quantitative estimate of drug-likeness (QED) is 0.624. The normalized spacial score (nSPS) is 10.4. The molecule has 2 aromatic rings. The van der Waals surface area contributed by atoms with Gasteiger partial charge >= 0.3 is 0 Å². The monoisotopic (exact) mass is 176 g/mol. The van der Waals surface area contributed by atoms with Crippen LogP contribution in [0.15, 0.2) is 35.6 Å². The molecule has 2 nitrogen and oxygen atoms in total. The fraction of sp³-hybridized carbons (Fsp3) is 0.111. The Bertz CT molecular complexity index is 395. The number of rotatable bonds is 1. The van der Waals surface area contributed by atoms with Gasteiger partial charge in [0.05, 0.1) is 11.7 Å². The van der Waals surface area contributed by atoms with Gasteiger partial charge in [0, 0.05) is 22.7 Å². The van der Waals surface area contributed by atoms with E-state index in [0.717, 1.165) is 5.52 Å². The molecular weight excluding hydrogens is 168 g/mol. The highest BCUT2D eigenvalue weighted by Gasteiger charge is 1.98. The zero-order chi connectivity index (χ0) is 8.39. The van der Waals surface area contributed by atoms with Crippen LogP contribution >= 0.6 is 11.8 Å². The average Bonchev–Trinajstić information content (AvgIpc) is 2.17. The molecule has 0 radical (unpaired) electrons. The van der Waals surface area contributed by atoms with E-state index in [1.54, 1.807) is 24.2 Å². The van der Waals surface area contributed by atoms with Gasteiger partial charge in [-0.3, -0.25) is 9.97 Å². The van der Waals surface area contributed by atoms with E-state index in [-0.39, 0.29) is 0 Å². The van der Waals surface area contributed by atoms with Crippen molar-refractivity contribution in [3.8, 4) is 0 Å². The molecule has 0 aliphatic heterocycles. The highest BCUT2D eigenvalue weighted by molar-refractivity contribution is 7.98. The summed E-state index contributed by atoms with van der Waals surface area (Å²) in [7, 11) is 0. The second-order valence-corrected chi connectivity index (χ2v) is 3.26. The standard InChI is InChI=1S/C9H8N2S/c1-12-9-6-10-5-8-7(9)3-2-4-11-8/h2-6H,1H3. The maximum absolute atomic E-state index is 4.21. The zero-order valence-electron chi connectivity index (χ0n) is 6.69. The van der Waals surface area contributed by atoms with Crippen molar-refractivity contribution < 1.29 is 0 Å². The molecule has 0 aliphatic rings. The molecule has 2 heterocycles. The second-order valence-electron chi connectivity index (χ2n) is 2.41. The minimum absolute atomic E-state index is 0.962. The number of nitrogens with zero attached hydrogens (tertiary/aromatic N) is 2. The molecule has 0 atom stereocenters. The first kappa shape index (κ1) is 7.55. The summed E-state index contributed by atoms with van der Waals surface area (Å²) in [6.45, 7) is 0. The molecule has 3 heteroatoms. The number of hydrogen-bond donors (Lipinski definition) is 0. The van der Waals surface area contributed by atoms with E-state index >= 15 is 0 Å². The van der Waals surface area contributed by atoms with Gasteiger partial charge in [-0.2, -0.15) is 0 Å². The highest BCUT2D eigenvalue weighted by Crippen LogP contribution is 2.22. The summed E-state index contributed by atoms with van der Waals surface area (Å²) in [5, 5.41) is 1.18. The number of thioether (sulfide) groups is 1. The van der Waals surface area contributed by atoms with E-state index in [1.807, 2.05) is 18.5 Å². The lowest BCUT2D eigenvalue weighted by molar-refractivity contribution is 1.25. The van der Waals surface area contributed by atoms with Crippen molar-refractivity contribution in [2.45, 2.75) is 4.90 Å². The third kappa shape index (κ3) is 1.16. The maximum Gasteiger partial charge on any atom is 0.0896 e. The summed E-state index contributed by atoms with van der Waals surface area (Å²) in [6.07, 6.45) is 7.49. The molecule has 12 heavy (non-hydrogen) atoms. The largest absolute Gasteiger partial charge is 0.261 e. The molecule has 0 fully saturated rings. The first-order valence-electron chi connectivity index (χ1n) is 3.64. The van der Waals surface area contributed by atoms with Crippen molar-refractivity contribution in [1.29, 1.82) is 0 Å². The smallest absolute Gasteiger partial charge is 0.0896 e. The van der Waals surface area contributed by atoms with Crippen molar-refractivity contribution in [1.82, 2.24) is 9.97 Å². The molecule has 0 amide bonds. The first-order valence-corrected chi connectivity index (χ1v) is 4.87. The lowest BCUT2D eigenvalue weighted by Crippen LogP contribution is -1.82. The Morgan fingerprint density at radius 1 is 1.33 bits per heavy atom. The molecule has 0 unspecified atom stereocenters. The second kappa shape index (κ2) is 3.11. The lowest BCUT2D eigenvalue weighted by Gasteiger charge is -1.99. The third-order valence-electron chi connectivity index (χ3n) is 1.71. The Kier molecular flexibility index (Phi) is 1.96. The van der Waals surface area contributed by atoms with Crippen LogP contribution in [0.3, 0.4) is 0 Å². The van der Waals surface area contributed by atoms with Crippen LogP contribution in [0, 0.1) is 0 Å². The van der Waals surface area contributed by atoms with Gasteiger partial charge in [-0.05, 0) is 12.3 Å². The maximum atomic E-state index is 4.21. The van der Waals surface area contributed by atoms with Crippen LogP contribution in [0.4, 0.5) is 0 Å². The van der Waals surface area contributed by atoms with Gasteiger partial charge in [-0.25, -0.2) is 0 Å². The van der Waals surface area contributed by atoms with Crippen LogP contribution < -0.4 is 0 Å². The zero-order valence-corrected chi connectivity index (χ0v) is 7.51. The first-order chi connectivity index (χ1) is 5.92. The molecule has 0 aromatic carbocycles. The summed E-state index contributed by atoms with van der Waals surface area (Å²) in [4.78, 5) is 9.50. The van der Waals surface area contributed by atoms with Gasteiger partial charge in [0.25, 0.3) is 0 Å². The fourth-order valence-electron chi connectivity index (χ4n) is 1.14. The summed E-state index contributed by atoms with van der Waals surface area (Å²) in [6, 6.07) is 4.01. The average molecular weight is 176 g/mol. The van der Waals surface area contributed by atoms with Gasteiger partial charge in [-0.15, -0.1) is 11.8 Å². The molecule has 0 aliphatic carbocycles. The lowest BCUT2D eigenvalue weighted by atomic mass is 10.3. The van der Waals surface area contributed by atoms with Crippen molar-refractivity contribution in [2.75, 3.05) is 6.26 Å². The molecule has 2 rings (SSSR count). The summed E-state index contributed by atoms with van der Waals surface area (Å²) >= 11 is 1.70. The minimum atomic E-state index is 0.962.